The molecule has 0 unspecified atom stereocenters. The van der Waals surface area contributed by atoms with E-state index in [1.807, 2.05) is 23.1 Å². The minimum absolute atomic E-state index is 0.294. The summed E-state index contributed by atoms with van der Waals surface area (Å²) < 4.78 is 4.74. The quantitative estimate of drug-likeness (QED) is 0.759. The molecule has 1 saturated heterocycles. The molecular weight excluding hydrogens is 220 g/mol. The summed E-state index contributed by atoms with van der Waals surface area (Å²) in [5.74, 6) is -0.294. The number of hydrogen-bond donors (Lipinski definition) is 1. The summed E-state index contributed by atoms with van der Waals surface area (Å²) in [6.07, 6.45) is 1.68. The summed E-state index contributed by atoms with van der Waals surface area (Å²) in [4.78, 5) is 17.7. The van der Waals surface area contributed by atoms with E-state index in [9.17, 15) is 9.90 Å². The van der Waals surface area contributed by atoms with Crippen LogP contribution in [0, 0.1) is 0 Å². The van der Waals surface area contributed by atoms with Crippen LogP contribution in [0.4, 0.5) is 0 Å². The zero-order valence-corrected chi connectivity index (χ0v) is 9.74. The molecule has 2 atom stereocenters. The van der Waals surface area contributed by atoms with Gasteiger partial charge in [-0.2, -0.15) is 0 Å². The number of carbonyl (C=O) groups is 1. The summed E-state index contributed by atoms with van der Waals surface area (Å²) in [7, 11) is 1.37. The number of ether oxygens (including phenoxy) is 1. The molecule has 0 aliphatic carbocycles. The molecule has 1 aliphatic heterocycles. The van der Waals surface area contributed by atoms with Crippen LogP contribution < -0.4 is 0 Å². The van der Waals surface area contributed by atoms with Gasteiger partial charge in [0.15, 0.2) is 0 Å². The molecule has 0 saturated carbocycles. The summed E-state index contributed by atoms with van der Waals surface area (Å²) in [5.41, 5.74) is 0.885. The Morgan fingerprint density at radius 3 is 3.12 bits per heavy atom. The second-order valence-corrected chi connectivity index (χ2v) is 4.18. The highest BCUT2D eigenvalue weighted by Crippen LogP contribution is 2.20. The molecule has 1 aromatic heterocycles. The topological polar surface area (TPSA) is 62.7 Å². The number of aromatic nitrogens is 1. The fraction of sp³-hybridized carbons (Fsp3) is 0.500. The first-order valence-corrected chi connectivity index (χ1v) is 5.60. The van der Waals surface area contributed by atoms with Gasteiger partial charge in [0.25, 0.3) is 0 Å². The van der Waals surface area contributed by atoms with Crippen LogP contribution >= 0.6 is 0 Å². The third kappa shape index (κ3) is 2.81. The fourth-order valence-corrected chi connectivity index (χ4v) is 2.14. The van der Waals surface area contributed by atoms with Crippen LogP contribution in [0.2, 0.25) is 0 Å². The molecule has 1 fully saturated rings. The molecule has 1 aromatic rings. The number of likely N-dealkylation sites (tertiary alicyclic amines) is 1. The smallest absolute Gasteiger partial charge is 0.323 e. The van der Waals surface area contributed by atoms with E-state index in [4.69, 9.17) is 4.74 Å². The number of nitrogens with zero attached hydrogens (tertiary/aromatic N) is 2. The Morgan fingerprint density at radius 2 is 2.47 bits per heavy atom. The van der Waals surface area contributed by atoms with Crippen molar-refractivity contribution in [1.29, 1.82) is 0 Å². The predicted octanol–water partition coefficient (Wildman–Crippen LogP) is 0.190. The molecule has 5 heteroatoms. The maximum absolute atomic E-state index is 11.6. The molecule has 92 valence electrons. The largest absolute Gasteiger partial charge is 0.468 e. The molecule has 0 amide bonds. The first kappa shape index (κ1) is 12.0. The van der Waals surface area contributed by atoms with Crippen LogP contribution in [-0.2, 0) is 16.1 Å². The first-order valence-electron chi connectivity index (χ1n) is 5.60. The van der Waals surface area contributed by atoms with Crippen molar-refractivity contribution in [2.75, 3.05) is 13.7 Å². The Hall–Kier alpha value is -1.46. The van der Waals surface area contributed by atoms with Crippen molar-refractivity contribution in [3.63, 3.8) is 0 Å². The zero-order chi connectivity index (χ0) is 12.3. The number of esters is 1. The number of rotatable bonds is 3. The summed E-state index contributed by atoms with van der Waals surface area (Å²) in [5, 5.41) is 9.62. The van der Waals surface area contributed by atoms with E-state index >= 15 is 0 Å². The second-order valence-electron chi connectivity index (χ2n) is 4.18. The molecule has 17 heavy (non-hydrogen) atoms. The van der Waals surface area contributed by atoms with Gasteiger partial charge in [-0.05, 0) is 12.1 Å². The first-order chi connectivity index (χ1) is 8.20. The lowest BCUT2D eigenvalue weighted by Crippen LogP contribution is -2.36. The van der Waals surface area contributed by atoms with E-state index in [2.05, 4.69) is 4.98 Å². The van der Waals surface area contributed by atoms with Crippen LogP contribution in [0.25, 0.3) is 0 Å². The molecule has 1 aliphatic rings. The number of carbonyl (C=O) groups excluding carboxylic acids is 1. The van der Waals surface area contributed by atoms with Crippen LogP contribution in [-0.4, -0.2) is 46.8 Å². The highest BCUT2D eigenvalue weighted by Gasteiger charge is 2.36. The molecule has 5 nitrogen and oxygen atoms in total. The van der Waals surface area contributed by atoms with Crippen LogP contribution in [0.1, 0.15) is 12.1 Å². The average molecular weight is 236 g/mol. The Kier molecular flexibility index (Phi) is 3.71. The third-order valence-corrected chi connectivity index (χ3v) is 2.95. The van der Waals surface area contributed by atoms with E-state index < -0.39 is 6.10 Å². The minimum Gasteiger partial charge on any atom is -0.468 e. The number of pyridine rings is 1. The Balaban J connectivity index is 2.06. The monoisotopic (exact) mass is 236 g/mol. The van der Waals surface area contributed by atoms with Gasteiger partial charge in [0.1, 0.15) is 6.04 Å². The van der Waals surface area contributed by atoms with Crippen molar-refractivity contribution in [3.8, 4) is 0 Å². The molecule has 2 heterocycles. The Bertz CT molecular complexity index is 383. The van der Waals surface area contributed by atoms with E-state index in [0.717, 1.165) is 5.69 Å². The summed E-state index contributed by atoms with van der Waals surface area (Å²) in [6, 6.07) is 5.29. The lowest BCUT2D eigenvalue weighted by Gasteiger charge is -2.21. The number of aliphatic hydroxyl groups excluding tert-OH is 1. The van der Waals surface area contributed by atoms with E-state index in [0.29, 0.717) is 19.5 Å². The number of hydrogen-bond acceptors (Lipinski definition) is 5. The van der Waals surface area contributed by atoms with Gasteiger partial charge >= 0.3 is 5.97 Å². The van der Waals surface area contributed by atoms with E-state index in [1.165, 1.54) is 7.11 Å². The lowest BCUT2D eigenvalue weighted by molar-refractivity contribution is -0.146. The van der Waals surface area contributed by atoms with Crippen molar-refractivity contribution >= 4 is 5.97 Å². The predicted molar refractivity (Wildman–Crippen MR) is 61.1 cm³/mol. The van der Waals surface area contributed by atoms with Crippen molar-refractivity contribution < 1.29 is 14.6 Å². The van der Waals surface area contributed by atoms with Gasteiger partial charge in [-0.3, -0.25) is 14.7 Å². The van der Waals surface area contributed by atoms with Crippen molar-refractivity contribution in [2.45, 2.75) is 25.1 Å². The van der Waals surface area contributed by atoms with Gasteiger partial charge in [-0.1, -0.05) is 6.07 Å². The average Bonchev–Trinajstić information content (AvgIpc) is 2.70. The molecule has 0 radical (unpaired) electrons. The Labute approximate surface area is 100 Å². The van der Waals surface area contributed by atoms with Crippen molar-refractivity contribution in [3.05, 3.63) is 30.1 Å². The van der Waals surface area contributed by atoms with Crippen LogP contribution in [0.3, 0.4) is 0 Å². The highest BCUT2D eigenvalue weighted by molar-refractivity contribution is 5.76. The van der Waals surface area contributed by atoms with Gasteiger partial charge in [-0.25, -0.2) is 0 Å². The lowest BCUT2D eigenvalue weighted by atomic mass is 10.2. The Morgan fingerprint density at radius 1 is 1.65 bits per heavy atom. The second kappa shape index (κ2) is 5.25. The maximum atomic E-state index is 11.6. The summed E-state index contributed by atoms with van der Waals surface area (Å²) >= 11 is 0. The fourth-order valence-electron chi connectivity index (χ4n) is 2.14. The van der Waals surface area contributed by atoms with E-state index in [-0.39, 0.29) is 12.0 Å². The van der Waals surface area contributed by atoms with Crippen molar-refractivity contribution in [1.82, 2.24) is 9.88 Å². The van der Waals surface area contributed by atoms with Gasteiger partial charge in [0, 0.05) is 25.7 Å². The molecule has 0 aromatic carbocycles. The van der Waals surface area contributed by atoms with Gasteiger partial charge in [-0.15, -0.1) is 0 Å². The van der Waals surface area contributed by atoms with Crippen LogP contribution in [0.5, 0.6) is 0 Å². The number of aliphatic hydroxyl groups is 1. The normalized spacial score (nSPS) is 24.8. The minimum atomic E-state index is -0.470. The molecule has 2 rings (SSSR count). The molecule has 0 bridgehead atoms. The molecular formula is C12H16N2O3. The highest BCUT2D eigenvalue weighted by atomic mass is 16.5. The zero-order valence-electron chi connectivity index (χ0n) is 9.74. The standard InChI is InChI=1S/C12H16N2O3/c1-17-12(16)11-6-10(15)8-14(11)7-9-4-2-3-5-13-9/h2-5,10-11,15H,6-8H2,1H3/t10-,11-/m0/s1. The van der Waals surface area contributed by atoms with Gasteiger partial charge < -0.3 is 9.84 Å². The molecule has 0 spiro atoms. The SMILES string of the molecule is COC(=O)[C@@H]1C[C@H](O)CN1Cc1ccccn1. The van der Waals surface area contributed by atoms with Crippen molar-refractivity contribution in [2.24, 2.45) is 0 Å². The number of methoxy groups -OCH3 is 1. The van der Waals surface area contributed by atoms with Crippen LogP contribution in [0.15, 0.2) is 24.4 Å². The van der Waals surface area contributed by atoms with Gasteiger partial charge in [0.05, 0.1) is 18.9 Å². The summed E-state index contributed by atoms with van der Waals surface area (Å²) in [6.45, 7) is 1.04. The maximum Gasteiger partial charge on any atom is 0.323 e. The van der Waals surface area contributed by atoms with E-state index in [1.54, 1.807) is 6.20 Å². The number of β-amino-alcohol motifs (C(OH)–C–C–N with tert-alkyl or cyclic N) is 1. The third-order valence-electron chi connectivity index (χ3n) is 2.95. The van der Waals surface area contributed by atoms with Gasteiger partial charge in [0.2, 0.25) is 0 Å². The molecule has 1 N–H and O–H groups in total.